The first-order valence-electron chi connectivity index (χ1n) is 5.68. The molecule has 0 spiro atoms. The second kappa shape index (κ2) is 5.39. The molecule has 3 rings (SSSR count). The molecule has 5 nitrogen and oxygen atoms in total. The number of carbonyl (C=O) groups excluding carboxylic acids is 1. The Balaban J connectivity index is 0.000000232. The Kier molecular flexibility index (Phi) is 3.66. The summed E-state index contributed by atoms with van der Waals surface area (Å²) in [5, 5.41) is 1.08. The highest BCUT2D eigenvalue weighted by atomic mass is 16.5. The number of nitrogen functional groups attached to an aromatic ring is 1. The van der Waals surface area contributed by atoms with E-state index in [4.69, 9.17) is 10.2 Å². The molecule has 2 N–H and O–H groups in total. The van der Waals surface area contributed by atoms with Gasteiger partial charge in [-0.2, -0.15) is 0 Å². The molecule has 0 atom stereocenters. The van der Waals surface area contributed by atoms with Crippen molar-refractivity contribution < 1.29 is 13.9 Å². The lowest BCUT2D eigenvalue weighted by atomic mass is 10.1. The van der Waals surface area contributed by atoms with E-state index in [2.05, 4.69) is 9.72 Å². The number of esters is 1. The quantitative estimate of drug-likeness (QED) is 0.627. The fraction of sp³-hybridized carbons (Fsp3) is 0.143. The van der Waals surface area contributed by atoms with E-state index in [0.717, 1.165) is 22.2 Å². The van der Waals surface area contributed by atoms with Crippen molar-refractivity contribution in [2.75, 3.05) is 12.8 Å². The number of hydrogen-bond acceptors (Lipinski definition) is 5. The molecule has 2 heterocycles. The van der Waals surface area contributed by atoms with E-state index in [0.29, 0.717) is 5.69 Å². The Morgan fingerprint density at radius 3 is 2.68 bits per heavy atom. The summed E-state index contributed by atoms with van der Waals surface area (Å²) in [7, 11) is 1.35. The third-order valence-electron chi connectivity index (χ3n) is 2.62. The maximum Gasteiger partial charge on any atom is 0.302 e. The van der Waals surface area contributed by atoms with Gasteiger partial charge in [-0.15, -0.1) is 0 Å². The molecular formula is C14H14N2O3. The number of nitrogens with two attached hydrogens (primary N) is 1. The Morgan fingerprint density at radius 1 is 1.32 bits per heavy atom. The van der Waals surface area contributed by atoms with Crippen LogP contribution in [0.1, 0.15) is 6.92 Å². The first kappa shape index (κ1) is 12.9. The fourth-order valence-corrected chi connectivity index (χ4v) is 1.73. The molecule has 2 aliphatic rings. The van der Waals surface area contributed by atoms with E-state index in [-0.39, 0.29) is 5.97 Å². The Bertz CT molecular complexity index is 676. The fourth-order valence-electron chi connectivity index (χ4n) is 1.73. The van der Waals surface area contributed by atoms with Crippen molar-refractivity contribution in [1.29, 1.82) is 0 Å². The molecule has 0 aliphatic carbocycles. The third kappa shape index (κ3) is 2.65. The molecule has 0 bridgehead atoms. The van der Waals surface area contributed by atoms with Crippen molar-refractivity contribution in [3.63, 3.8) is 0 Å². The molecule has 1 aromatic rings. The number of benzene rings is 1. The van der Waals surface area contributed by atoms with E-state index in [9.17, 15) is 4.79 Å². The van der Waals surface area contributed by atoms with Crippen LogP contribution in [-0.2, 0) is 9.53 Å². The predicted octanol–water partition coefficient (Wildman–Crippen LogP) is 2.69. The number of anilines is 1. The molecule has 98 valence electrons. The molecule has 2 aliphatic heterocycles. The molecule has 0 fully saturated rings. The summed E-state index contributed by atoms with van der Waals surface area (Å²) in [6.07, 6.45) is 3.15. The summed E-state index contributed by atoms with van der Waals surface area (Å²) in [4.78, 5) is 14.0. The van der Waals surface area contributed by atoms with Crippen molar-refractivity contribution in [2.45, 2.75) is 6.92 Å². The number of para-hydroxylation sites is 1. The molecule has 0 amide bonds. The maximum absolute atomic E-state index is 9.59. The second-order valence-corrected chi connectivity index (χ2v) is 3.91. The largest absolute Gasteiger partial charge is 0.469 e. The molecule has 19 heavy (non-hydrogen) atoms. The van der Waals surface area contributed by atoms with Gasteiger partial charge in [0.05, 0.1) is 18.3 Å². The molecule has 0 unspecified atom stereocenters. The molecule has 0 saturated carbocycles. The van der Waals surface area contributed by atoms with Crippen molar-refractivity contribution in [2.24, 2.45) is 0 Å². The first-order valence-corrected chi connectivity index (χ1v) is 5.68. The molecular weight excluding hydrogens is 244 g/mol. The van der Waals surface area contributed by atoms with Gasteiger partial charge in [-0.05, 0) is 6.07 Å². The lowest BCUT2D eigenvalue weighted by Gasteiger charge is -1.99. The van der Waals surface area contributed by atoms with Crippen LogP contribution in [0.25, 0.3) is 22.2 Å². The summed E-state index contributed by atoms with van der Waals surface area (Å²) >= 11 is 0. The van der Waals surface area contributed by atoms with Crippen LogP contribution in [0.3, 0.4) is 0 Å². The van der Waals surface area contributed by atoms with Gasteiger partial charge in [-0.1, -0.05) is 18.2 Å². The van der Waals surface area contributed by atoms with Gasteiger partial charge >= 0.3 is 5.97 Å². The van der Waals surface area contributed by atoms with Crippen LogP contribution in [0.2, 0.25) is 0 Å². The van der Waals surface area contributed by atoms with E-state index >= 15 is 0 Å². The predicted molar refractivity (Wildman–Crippen MR) is 72.7 cm³/mol. The van der Waals surface area contributed by atoms with Gasteiger partial charge in [-0.3, -0.25) is 4.79 Å². The number of methoxy groups -OCH3 is 1. The minimum absolute atomic E-state index is 0.245. The lowest BCUT2D eigenvalue weighted by Crippen LogP contribution is -1.88. The number of aromatic nitrogens is 1. The van der Waals surface area contributed by atoms with Crippen LogP contribution < -0.4 is 5.73 Å². The van der Waals surface area contributed by atoms with Crippen LogP contribution in [0.4, 0.5) is 5.69 Å². The standard InChI is InChI=1S/C11H8N2O.C3H6O2/c12-8-5-14-6-10-11(8)7-3-1-2-4-9(7)13-10;1-3(4)5-2/h1-6H,12H2;1-2H3. The zero-order valence-electron chi connectivity index (χ0n) is 10.7. The van der Waals surface area contributed by atoms with Crippen molar-refractivity contribution >= 4 is 22.6 Å². The summed E-state index contributed by atoms with van der Waals surface area (Å²) in [6, 6.07) is 7.92. The SMILES string of the molecule is COC(C)=O.Nc1cocc2nc3ccccc3c1-2. The third-order valence-corrected chi connectivity index (χ3v) is 2.62. The van der Waals surface area contributed by atoms with Crippen LogP contribution in [0.15, 0.2) is 41.2 Å². The Labute approximate surface area is 110 Å². The Morgan fingerprint density at radius 2 is 2.00 bits per heavy atom. The van der Waals surface area contributed by atoms with Crippen LogP contribution >= 0.6 is 0 Å². The van der Waals surface area contributed by atoms with Gasteiger partial charge in [0, 0.05) is 17.9 Å². The lowest BCUT2D eigenvalue weighted by molar-refractivity contribution is -0.137. The Hall–Kier alpha value is -2.56. The molecule has 0 saturated heterocycles. The number of fused-ring (bicyclic) bond motifs is 3. The highest BCUT2D eigenvalue weighted by Gasteiger charge is 2.14. The molecule has 5 heteroatoms. The molecule has 0 aromatic heterocycles. The minimum atomic E-state index is -0.245. The van der Waals surface area contributed by atoms with Gasteiger partial charge in [0.2, 0.25) is 0 Å². The zero-order valence-corrected chi connectivity index (χ0v) is 10.7. The summed E-state index contributed by atoms with van der Waals surface area (Å²) in [5.41, 5.74) is 9.21. The monoisotopic (exact) mass is 258 g/mol. The van der Waals surface area contributed by atoms with Crippen LogP contribution in [-0.4, -0.2) is 18.1 Å². The summed E-state index contributed by atoms with van der Waals surface area (Å²) in [6.45, 7) is 1.36. The first-order chi connectivity index (χ1) is 9.13. The number of ether oxygens (including phenoxy) is 1. The van der Waals surface area contributed by atoms with Crippen molar-refractivity contribution in [1.82, 2.24) is 4.98 Å². The highest BCUT2D eigenvalue weighted by molar-refractivity contribution is 6.01. The van der Waals surface area contributed by atoms with E-state index in [1.807, 2.05) is 24.3 Å². The van der Waals surface area contributed by atoms with Gasteiger partial charge in [0.1, 0.15) is 18.2 Å². The number of hydrogen-bond donors (Lipinski definition) is 1. The normalized spacial score (nSPS) is 10.0. The second-order valence-electron chi connectivity index (χ2n) is 3.91. The summed E-state index contributed by atoms with van der Waals surface area (Å²) in [5.74, 6) is -0.245. The van der Waals surface area contributed by atoms with Gasteiger partial charge in [-0.25, -0.2) is 4.98 Å². The topological polar surface area (TPSA) is 78.4 Å². The molecule has 0 radical (unpaired) electrons. The molecule has 1 aromatic carbocycles. The zero-order chi connectivity index (χ0) is 13.8. The maximum atomic E-state index is 9.59. The van der Waals surface area contributed by atoms with Crippen molar-refractivity contribution in [3.8, 4) is 11.3 Å². The van der Waals surface area contributed by atoms with Crippen LogP contribution in [0.5, 0.6) is 0 Å². The minimum Gasteiger partial charge on any atom is -0.469 e. The average molecular weight is 258 g/mol. The number of rotatable bonds is 0. The van der Waals surface area contributed by atoms with Gasteiger partial charge in [0.15, 0.2) is 0 Å². The van der Waals surface area contributed by atoms with E-state index in [1.54, 1.807) is 6.26 Å². The number of carbonyl (C=O) groups is 1. The smallest absolute Gasteiger partial charge is 0.302 e. The average Bonchev–Trinajstić information content (AvgIpc) is 2.79. The number of nitrogens with zero attached hydrogens (tertiary/aromatic N) is 1. The van der Waals surface area contributed by atoms with Crippen LogP contribution in [0, 0.1) is 0 Å². The van der Waals surface area contributed by atoms with E-state index < -0.39 is 0 Å². The van der Waals surface area contributed by atoms with E-state index in [1.165, 1.54) is 20.3 Å². The van der Waals surface area contributed by atoms with Gasteiger partial charge < -0.3 is 14.9 Å². The van der Waals surface area contributed by atoms with Gasteiger partial charge in [0.25, 0.3) is 0 Å². The summed E-state index contributed by atoms with van der Waals surface area (Å²) < 4.78 is 9.17. The highest BCUT2D eigenvalue weighted by Crippen LogP contribution is 2.34. The van der Waals surface area contributed by atoms with Crippen molar-refractivity contribution in [3.05, 3.63) is 36.8 Å².